The molecule has 2 heterocycles. The van der Waals surface area contributed by atoms with Gasteiger partial charge in [0.25, 0.3) is 5.91 Å². The maximum absolute atomic E-state index is 12.2. The third-order valence-corrected chi connectivity index (χ3v) is 4.82. The Labute approximate surface area is 144 Å². The van der Waals surface area contributed by atoms with Gasteiger partial charge in [0.15, 0.2) is 0 Å². The molecule has 1 aliphatic rings. The lowest BCUT2D eigenvalue weighted by Crippen LogP contribution is -2.27. The Hall–Kier alpha value is -2.05. The molecular weight excluding hydrogens is 330 g/mol. The first-order valence-corrected chi connectivity index (χ1v) is 8.34. The van der Waals surface area contributed by atoms with E-state index in [1.807, 2.05) is 43.3 Å². The molecule has 1 saturated heterocycles. The number of amides is 1. The molecule has 0 N–H and O–H groups in total. The van der Waals surface area contributed by atoms with Gasteiger partial charge in [0, 0.05) is 18.2 Å². The number of carbonyl (C=O) groups is 1. The third-order valence-electron chi connectivity index (χ3n) is 3.44. The molecule has 1 aromatic heterocycles. The molecule has 1 amide bonds. The summed E-state index contributed by atoms with van der Waals surface area (Å²) in [5, 5.41) is 0. The summed E-state index contributed by atoms with van der Waals surface area (Å²) >= 11 is 6.50. The fourth-order valence-corrected chi connectivity index (χ4v) is 3.63. The van der Waals surface area contributed by atoms with E-state index >= 15 is 0 Å². The Morgan fingerprint density at radius 3 is 2.87 bits per heavy atom. The summed E-state index contributed by atoms with van der Waals surface area (Å²) in [6.07, 6.45) is 1.73. The van der Waals surface area contributed by atoms with Crippen molar-refractivity contribution in [1.29, 1.82) is 0 Å². The Kier molecular flexibility index (Phi) is 4.54. The Balaban J connectivity index is 1.86. The van der Waals surface area contributed by atoms with E-state index in [1.165, 1.54) is 11.8 Å². The highest BCUT2D eigenvalue weighted by Crippen LogP contribution is 2.33. The van der Waals surface area contributed by atoms with Crippen LogP contribution in [-0.4, -0.2) is 28.8 Å². The number of thiocarbonyl (C=S) groups is 1. The molecule has 0 radical (unpaired) electrons. The molecule has 3 rings (SSSR count). The van der Waals surface area contributed by atoms with Crippen molar-refractivity contribution in [1.82, 2.24) is 4.90 Å². The van der Waals surface area contributed by atoms with Gasteiger partial charge in [-0.1, -0.05) is 36.1 Å². The van der Waals surface area contributed by atoms with E-state index < -0.39 is 0 Å². The van der Waals surface area contributed by atoms with Gasteiger partial charge in [-0.2, -0.15) is 0 Å². The van der Waals surface area contributed by atoms with Crippen LogP contribution in [0.5, 0.6) is 5.75 Å². The van der Waals surface area contributed by atoms with Crippen LogP contribution in [-0.2, 0) is 4.79 Å². The number of rotatable bonds is 4. The van der Waals surface area contributed by atoms with Crippen molar-refractivity contribution >= 4 is 40.3 Å². The van der Waals surface area contributed by atoms with Gasteiger partial charge in [0.2, 0.25) is 0 Å². The summed E-state index contributed by atoms with van der Waals surface area (Å²) in [7, 11) is 1.63. The summed E-state index contributed by atoms with van der Waals surface area (Å²) in [6.45, 7) is 2.48. The summed E-state index contributed by atoms with van der Waals surface area (Å²) in [4.78, 5) is 14.4. The summed E-state index contributed by atoms with van der Waals surface area (Å²) in [6, 6.07) is 11.3. The highest BCUT2D eigenvalue weighted by Gasteiger charge is 2.30. The van der Waals surface area contributed by atoms with Gasteiger partial charge >= 0.3 is 0 Å². The topological polar surface area (TPSA) is 42.7 Å². The number of furan rings is 1. The lowest BCUT2D eigenvalue weighted by Gasteiger charge is -2.09. The van der Waals surface area contributed by atoms with E-state index in [9.17, 15) is 4.79 Å². The number of likely N-dealkylation sites (N-methyl/N-ethyl adjacent to an activating group) is 1. The highest BCUT2D eigenvalue weighted by atomic mass is 32.2. The number of benzene rings is 1. The average Bonchev–Trinajstić information content (AvgIpc) is 3.13. The van der Waals surface area contributed by atoms with E-state index in [0.29, 0.717) is 21.5 Å². The van der Waals surface area contributed by atoms with Crippen LogP contribution in [0.15, 0.2) is 45.7 Å². The van der Waals surface area contributed by atoms with Gasteiger partial charge in [-0.15, -0.1) is 0 Å². The quantitative estimate of drug-likeness (QED) is 0.614. The first-order valence-electron chi connectivity index (χ1n) is 7.12. The highest BCUT2D eigenvalue weighted by molar-refractivity contribution is 8.26. The minimum atomic E-state index is -0.0677. The maximum Gasteiger partial charge on any atom is 0.266 e. The SMILES string of the molecule is CCN1C(=O)/C(=C\c2ccc(-c3cccc(OC)c3)o2)SC1=S. The van der Waals surface area contributed by atoms with E-state index in [2.05, 4.69) is 0 Å². The van der Waals surface area contributed by atoms with Crippen LogP contribution in [0.4, 0.5) is 0 Å². The molecule has 2 aromatic rings. The van der Waals surface area contributed by atoms with Crippen molar-refractivity contribution in [2.24, 2.45) is 0 Å². The fourth-order valence-electron chi connectivity index (χ4n) is 2.26. The number of ether oxygens (including phenoxy) is 1. The van der Waals surface area contributed by atoms with Crippen LogP contribution >= 0.6 is 24.0 Å². The normalized spacial score (nSPS) is 16.4. The van der Waals surface area contributed by atoms with Crippen LogP contribution in [0.25, 0.3) is 17.4 Å². The fraction of sp³-hybridized carbons (Fsp3) is 0.176. The van der Waals surface area contributed by atoms with Crippen molar-refractivity contribution in [2.45, 2.75) is 6.92 Å². The van der Waals surface area contributed by atoms with Crippen molar-refractivity contribution in [3.8, 4) is 17.1 Å². The van der Waals surface area contributed by atoms with Gasteiger partial charge in [-0.3, -0.25) is 9.69 Å². The number of nitrogens with zero attached hydrogens (tertiary/aromatic N) is 1. The van der Waals surface area contributed by atoms with Crippen LogP contribution < -0.4 is 4.74 Å². The summed E-state index contributed by atoms with van der Waals surface area (Å²) < 4.78 is 11.6. The molecule has 118 valence electrons. The Morgan fingerprint density at radius 2 is 2.17 bits per heavy atom. The largest absolute Gasteiger partial charge is 0.497 e. The van der Waals surface area contributed by atoms with Crippen molar-refractivity contribution in [3.63, 3.8) is 0 Å². The van der Waals surface area contributed by atoms with Gasteiger partial charge in [-0.05, 0) is 31.2 Å². The number of carbonyl (C=O) groups excluding carboxylic acids is 1. The van der Waals surface area contributed by atoms with Gasteiger partial charge in [0.05, 0.1) is 12.0 Å². The smallest absolute Gasteiger partial charge is 0.266 e. The lowest BCUT2D eigenvalue weighted by atomic mass is 10.2. The Morgan fingerprint density at radius 1 is 1.35 bits per heavy atom. The zero-order chi connectivity index (χ0) is 16.4. The molecule has 0 bridgehead atoms. The number of thioether (sulfide) groups is 1. The number of hydrogen-bond donors (Lipinski definition) is 0. The molecule has 6 heteroatoms. The van der Waals surface area contributed by atoms with Crippen LogP contribution in [0, 0.1) is 0 Å². The van der Waals surface area contributed by atoms with Crippen LogP contribution in [0.2, 0.25) is 0 Å². The molecule has 4 nitrogen and oxygen atoms in total. The first kappa shape index (κ1) is 15.8. The predicted molar refractivity (Wildman–Crippen MR) is 96.2 cm³/mol. The molecule has 0 spiro atoms. The first-order chi connectivity index (χ1) is 11.1. The number of methoxy groups -OCH3 is 1. The molecule has 0 unspecified atom stereocenters. The molecule has 1 aromatic carbocycles. The van der Waals surface area contributed by atoms with Crippen molar-refractivity contribution in [2.75, 3.05) is 13.7 Å². The van der Waals surface area contributed by atoms with Crippen molar-refractivity contribution in [3.05, 3.63) is 47.1 Å². The molecule has 0 atom stereocenters. The van der Waals surface area contributed by atoms with E-state index in [1.54, 1.807) is 18.1 Å². The second-order valence-electron chi connectivity index (χ2n) is 4.86. The molecule has 23 heavy (non-hydrogen) atoms. The molecule has 1 fully saturated rings. The van der Waals surface area contributed by atoms with Crippen LogP contribution in [0.1, 0.15) is 12.7 Å². The van der Waals surface area contributed by atoms with Gasteiger partial charge in [0.1, 0.15) is 21.6 Å². The van der Waals surface area contributed by atoms with Gasteiger partial charge in [-0.25, -0.2) is 0 Å². The molecule has 0 aliphatic carbocycles. The van der Waals surface area contributed by atoms with Gasteiger partial charge < -0.3 is 9.15 Å². The Bertz CT molecular complexity index is 795. The molecular formula is C17H15NO3S2. The second-order valence-corrected chi connectivity index (χ2v) is 6.54. The van der Waals surface area contributed by atoms with E-state index in [-0.39, 0.29) is 5.91 Å². The van der Waals surface area contributed by atoms with E-state index in [0.717, 1.165) is 17.1 Å². The lowest BCUT2D eigenvalue weighted by molar-refractivity contribution is -0.121. The second kappa shape index (κ2) is 6.60. The standard InChI is InChI=1S/C17H15NO3S2/c1-3-18-16(19)15(23-17(18)22)10-13-7-8-14(21-13)11-5-4-6-12(9-11)20-2/h4-10H,3H2,1-2H3/b15-10+. The van der Waals surface area contributed by atoms with Crippen molar-refractivity contribution < 1.29 is 13.9 Å². The monoisotopic (exact) mass is 345 g/mol. The van der Waals surface area contributed by atoms with E-state index in [4.69, 9.17) is 21.4 Å². The zero-order valence-electron chi connectivity index (χ0n) is 12.7. The summed E-state index contributed by atoms with van der Waals surface area (Å²) in [5.41, 5.74) is 0.921. The minimum Gasteiger partial charge on any atom is -0.497 e. The molecule has 0 saturated carbocycles. The third kappa shape index (κ3) is 3.18. The predicted octanol–water partition coefficient (Wildman–Crippen LogP) is 4.18. The average molecular weight is 345 g/mol. The minimum absolute atomic E-state index is 0.0677. The molecule has 1 aliphatic heterocycles. The van der Waals surface area contributed by atoms with Crippen LogP contribution in [0.3, 0.4) is 0 Å². The summed E-state index contributed by atoms with van der Waals surface area (Å²) in [5.74, 6) is 2.05. The maximum atomic E-state index is 12.2. The number of hydrogen-bond acceptors (Lipinski definition) is 5. The zero-order valence-corrected chi connectivity index (χ0v) is 14.4.